The summed E-state index contributed by atoms with van der Waals surface area (Å²) >= 11 is 0. The van der Waals surface area contributed by atoms with Gasteiger partial charge >= 0.3 is 0 Å². The molecule has 2 fully saturated rings. The van der Waals surface area contributed by atoms with Gasteiger partial charge in [0.05, 0.1) is 0 Å². The van der Waals surface area contributed by atoms with Crippen LogP contribution in [0.5, 0.6) is 0 Å². The Bertz CT molecular complexity index is 273. The molecule has 0 aromatic rings. The van der Waals surface area contributed by atoms with Gasteiger partial charge in [-0.2, -0.15) is 0 Å². The van der Waals surface area contributed by atoms with Crippen LogP contribution in [0.4, 0.5) is 0 Å². The topological polar surface area (TPSA) is 6.48 Å². The van der Waals surface area contributed by atoms with Crippen molar-refractivity contribution < 1.29 is 0 Å². The Kier molecular flexibility index (Phi) is 3.65. The van der Waals surface area contributed by atoms with Crippen molar-refractivity contribution >= 4 is 0 Å². The molecule has 0 N–H and O–H groups in total. The minimum atomic E-state index is 0.301. The lowest BCUT2D eigenvalue weighted by atomic mass is 9.86. The molecule has 2 heterocycles. The molecule has 0 amide bonds. The lowest BCUT2D eigenvalue weighted by molar-refractivity contribution is 0.145. The highest BCUT2D eigenvalue weighted by Crippen LogP contribution is 2.36. The van der Waals surface area contributed by atoms with Gasteiger partial charge in [0.25, 0.3) is 0 Å². The summed E-state index contributed by atoms with van der Waals surface area (Å²) in [6, 6.07) is 0. The third kappa shape index (κ3) is 2.92. The smallest absolute Gasteiger partial charge is 0.0146 e. The van der Waals surface area contributed by atoms with Crippen molar-refractivity contribution in [2.45, 2.75) is 45.6 Å². The summed E-state index contributed by atoms with van der Waals surface area (Å²) in [4.78, 5) is 5.25. The first-order chi connectivity index (χ1) is 7.95. The molecule has 2 saturated heterocycles. The Balaban J connectivity index is 1.99. The summed E-state index contributed by atoms with van der Waals surface area (Å²) < 4.78 is 0. The first-order valence-electron chi connectivity index (χ1n) is 7.06. The highest BCUT2D eigenvalue weighted by molar-refractivity contribution is 5.05. The number of nitrogens with zero attached hydrogens (tertiary/aromatic N) is 2. The number of hydrogen-bond acceptors (Lipinski definition) is 2. The van der Waals surface area contributed by atoms with Crippen molar-refractivity contribution in [1.82, 2.24) is 9.80 Å². The third-order valence-corrected chi connectivity index (χ3v) is 4.50. The zero-order valence-corrected chi connectivity index (χ0v) is 11.8. The number of rotatable bonds is 3. The molecular formula is C15H28N2. The van der Waals surface area contributed by atoms with E-state index in [4.69, 9.17) is 0 Å². The molecule has 2 aliphatic heterocycles. The highest BCUT2D eigenvalue weighted by atomic mass is 15.2. The van der Waals surface area contributed by atoms with Gasteiger partial charge in [0.1, 0.15) is 0 Å². The van der Waals surface area contributed by atoms with E-state index in [1.165, 1.54) is 52.0 Å². The van der Waals surface area contributed by atoms with Crippen LogP contribution in [-0.2, 0) is 0 Å². The van der Waals surface area contributed by atoms with Gasteiger partial charge in [-0.1, -0.05) is 6.08 Å². The molecule has 1 atom stereocenters. The predicted molar refractivity (Wildman–Crippen MR) is 74.2 cm³/mol. The van der Waals surface area contributed by atoms with Gasteiger partial charge < -0.3 is 4.90 Å². The minimum absolute atomic E-state index is 0.301. The molecule has 0 aromatic carbocycles. The summed E-state index contributed by atoms with van der Waals surface area (Å²) in [5, 5.41) is 0. The summed E-state index contributed by atoms with van der Waals surface area (Å²) in [6.07, 6.45) is 6.29. The maximum atomic E-state index is 4.12. The van der Waals surface area contributed by atoms with E-state index in [2.05, 4.69) is 43.2 Å². The molecule has 2 rings (SSSR count). The molecule has 1 unspecified atom stereocenters. The van der Waals surface area contributed by atoms with Gasteiger partial charge in [-0.05, 0) is 59.7 Å². The molecule has 0 aliphatic carbocycles. The zero-order chi connectivity index (χ0) is 12.5. The lowest BCUT2D eigenvalue weighted by Crippen LogP contribution is -2.43. The molecule has 17 heavy (non-hydrogen) atoms. The maximum Gasteiger partial charge on any atom is 0.0146 e. The molecule has 0 saturated carbocycles. The van der Waals surface area contributed by atoms with Crippen molar-refractivity contribution in [3.63, 3.8) is 0 Å². The quantitative estimate of drug-likeness (QED) is 0.695. The second-order valence-electron chi connectivity index (χ2n) is 6.89. The first kappa shape index (κ1) is 13.1. The Morgan fingerprint density at radius 2 is 1.82 bits per heavy atom. The predicted octanol–water partition coefficient (Wildman–Crippen LogP) is 2.76. The Morgan fingerprint density at radius 3 is 2.29 bits per heavy atom. The van der Waals surface area contributed by atoms with Crippen LogP contribution in [0.25, 0.3) is 0 Å². The van der Waals surface area contributed by atoms with Crippen molar-refractivity contribution in [1.29, 1.82) is 0 Å². The first-order valence-corrected chi connectivity index (χ1v) is 7.06. The molecule has 2 nitrogen and oxygen atoms in total. The highest BCUT2D eigenvalue weighted by Gasteiger charge is 2.40. The average Bonchev–Trinajstić information content (AvgIpc) is 2.87. The van der Waals surface area contributed by atoms with E-state index in [1.54, 1.807) is 0 Å². The van der Waals surface area contributed by atoms with Crippen LogP contribution in [0, 0.1) is 5.41 Å². The molecule has 98 valence electrons. The fourth-order valence-corrected chi connectivity index (χ4v) is 3.21. The molecule has 2 aliphatic rings. The second kappa shape index (κ2) is 4.74. The summed E-state index contributed by atoms with van der Waals surface area (Å²) in [6.45, 7) is 17.3. The fraction of sp³-hybridized carbons (Fsp3) is 0.867. The van der Waals surface area contributed by atoms with Gasteiger partial charge in [0.15, 0.2) is 0 Å². The van der Waals surface area contributed by atoms with Crippen LogP contribution >= 0.6 is 0 Å². The normalized spacial score (nSPS) is 32.2. The van der Waals surface area contributed by atoms with Crippen LogP contribution in [0.1, 0.15) is 40.0 Å². The van der Waals surface area contributed by atoms with E-state index in [-0.39, 0.29) is 0 Å². The van der Waals surface area contributed by atoms with Crippen LogP contribution in [0.3, 0.4) is 0 Å². The van der Waals surface area contributed by atoms with Gasteiger partial charge in [-0.25, -0.2) is 0 Å². The van der Waals surface area contributed by atoms with Crippen LogP contribution < -0.4 is 0 Å². The van der Waals surface area contributed by atoms with Crippen molar-refractivity contribution in [3.05, 3.63) is 12.7 Å². The van der Waals surface area contributed by atoms with E-state index >= 15 is 0 Å². The lowest BCUT2D eigenvalue weighted by Gasteiger charge is -2.35. The van der Waals surface area contributed by atoms with Gasteiger partial charge in [0.2, 0.25) is 0 Å². The molecule has 0 radical (unpaired) electrons. The van der Waals surface area contributed by atoms with Crippen molar-refractivity contribution in [2.75, 3.05) is 32.7 Å². The second-order valence-corrected chi connectivity index (χ2v) is 6.89. The van der Waals surface area contributed by atoms with Crippen LogP contribution in [0.15, 0.2) is 12.7 Å². The van der Waals surface area contributed by atoms with Crippen LogP contribution in [-0.4, -0.2) is 48.1 Å². The zero-order valence-electron chi connectivity index (χ0n) is 11.8. The van der Waals surface area contributed by atoms with E-state index in [0.717, 1.165) is 0 Å². The van der Waals surface area contributed by atoms with Gasteiger partial charge in [-0.3, -0.25) is 4.90 Å². The van der Waals surface area contributed by atoms with Crippen molar-refractivity contribution in [3.8, 4) is 0 Å². The third-order valence-electron chi connectivity index (χ3n) is 4.50. The molecule has 0 aromatic heterocycles. The van der Waals surface area contributed by atoms with Crippen molar-refractivity contribution in [2.24, 2.45) is 5.41 Å². The van der Waals surface area contributed by atoms with Gasteiger partial charge in [0, 0.05) is 24.0 Å². The fourth-order valence-electron chi connectivity index (χ4n) is 3.21. The standard InChI is InChI=1S/C15H28N2/c1-5-15(12-16-9-6-7-10-16)8-11-17(13-15)14(2,3)4/h5H,1,6-13H2,2-4H3. The van der Waals surface area contributed by atoms with E-state index in [1.807, 2.05) is 0 Å². The van der Waals surface area contributed by atoms with Gasteiger partial charge in [-0.15, -0.1) is 6.58 Å². The summed E-state index contributed by atoms with van der Waals surface area (Å²) in [5.74, 6) is 0. The van der Waals surface area contributed by atoms with Crippen LogP contribution in [0.2, 0.25) is 0 Å². The number of hydrogen-bond donors (Lipinski definition) is 0. The minimum Gasteiger partial charge on any atom is -0.302 e. The Labute approximate surface area is 107 Å². The molecule has 0 bridgehead atoms. The molecular weight excluding hydrogens is 208 g/mol. The molecule has 2 heteroatoms. The summed E-state index contributed by atoms with van der Waals surface area (Å²) in [5.41, 5.74) is 0.646. The average molecular weight is 236 g/mol. The van der Waals surface area contributed by atoms with E-state index in [9.17, 15) is 0 Å². The monoisotopic (exact) mass is 236 g/mol. The number of likely N-dealkylation sites (tertiary alicyclic amines) is 2. The Morgan fingerprint density at radius 1 is 1.18 bits per heavy atom. The molecule has 0 spiro atoms. The SMILES string of the molecule is C=CC1(CN2CCCC2)CCN(C(C)(C)C)C1. The van der Waals surface area contributed by atoms with E-state index in [0.29, 0.717) is 11.0 Å². The summed E-state index contributed by atoms with van der Waals surface area (Å²) in [7, 11) is 0. The van der Waals surface area contributed by atoms with E-state index < -0.39 is 0 Å². The largest absolute Gasteiger partial charge is 0.302 e. The maximum absolute atomic E-state index is 4.12. The Hall–Kier alpha value is -0.340.